The van der Waals surface area contributed by atoms with Crippen LogP contribution in [0, 0.1) is 0 Å². The number of benzene rings is 3. The van der Waals surface area contributed by atoms with E-state index >= 15 is 0 Å². The average Bonchev–Trinajstić information content (AvgIpc) is 2.66. The molecule has 0 heterocycles. The van der Waals surface area contributed by atoms with Crippen molar-refractivity contribution in [2.75, 3.05) is 0 Å². The van der Waals surface area contributed by atoms with Crippen LogP contribution in [-0.2, 0) is 4.32 Å². The van der Waals surface area contributed by atoms with Gasteiger partial charge in [0.1, 0.15) is 0 Å². The van der Waals surface area contributed by atoms with Crippen molar-refractivity contribution in [3.8, 4) is 11.1 Å². The number of halogens is 6. The maximum absolute atomic E-state index is 4.00. The van der Waals surface area contributed by atoms with E-state index in [1.165, 1.54) is 22.3 Å². The molecule has 1 aliphatic rings. The second-order valence-electron chi connectivity index (χ2n) is 7.10. The number of rotatable bonds is 3. The van der Waals surface area contributed by atoms with Crippen LogP contribution in [0.5, 0.6) is 0 Å². The Labute approximate surface area is 227 Å². The Kier molecular flexibility index (Phi) is 7.33. The van der Waals surface area contributed by atoms with Gasteiger partial charge in [0.15, 0.2) is 0 Å². The third-order valence-corrected chi connectivity index (χ3v) is 8.10. The molecule has 0 N–H and O–H groups in total. The molecular formula is C24H14Br6. The zero-order chi connectivity index (χ0) is 21.5. The molecule has 1 aliphatic carbocycles. The molecule has 3 aromatic carbocycles. The zero-order valence-electron chi connectivity index (χ0n) is 15.4. The van der Waals surface area contributed by atoms with E-state index in [1.54, 1.807) is 0 Å². The van der Waals surface area contributed by atoms with E-state index in [0.717, 1.165) is 34.4 Å². The molecule has 0 spiro atoms. The monoisotopic (exact) mass is 776 g/mol. The molecule has 0 fully saturated rings. The number of hydrogen-bond donors (Lipinski definition) is 0. The molecule has 0 amide bonds. The van der Waals surface area contributed by atoms with Gasteiger partial charge in [0.25, 0.3) is 0 Å². The van der Waals surface area contributed by atoms with Gasteiger partial charge in [0, 0.05) is 24.3 Å². The van der Waals surface area contributed by atoms with Gasteiger partial charge in [-0.3, -0.25) is 0 Å². The van der Waals surface area contributed by atoms with Gasteiger partial charge >= 0.3 is 0 Å². The van der Waals surface area contributed by atoms with Crippen molar-refractivity contribution >= 4 is 101 Å². The molecule has 0 radical (unpaired) electrons. The van der Waals surface area contributed by atoms with E-state index in [-0.39, 0.29) is 4.32 Å². The van der Waals surface area contributed by atoms with Crippen LogP contribution in [0.25, 0.3) is 16.7 Å². The quantitative estimate of drug-likeness (QED) is 0.232. The zero-order valence-corrected chi connectivity index (χ0v) is 24.9. The molecule has 1 unspecified atom stereocenters. The van der Waals surface area contributed by atoms with Crippen molar-refractivity contribution in [1.29, 1.82) is 0 Å². The lowest BCUT2D eigenvalue weighted by atomic mass is 9.87. The highest BCUT2D eigenvalue weighted by Gasteiger charge is 2.29. The Bertz CT molecular complexity index is 1150. The topological polar surface area (TPSA) is 0 Å². The van der Waals surface area contributed by atoms with Gasteiger partial charge in [-0.05, 0) is 80.8 Å². The predicted molar refractivity (Wildman–Crippen MR) is 149 cm³/mol. The minimum atomic E-state index is -0.388. The Hall–Kier alpha value is 0.0200. The van der Waals surface area contributed by atoms with Gasteiger partial charge in [-0.1, -0.05) is 120 Å². The normalized spacial score (nSPS) is 18.7. The third-order valence-electron chi connectivity index (χ3n) is 4.84. The summed E-state index contributed by atoms with van der Waals surface area (Å²) >= 11 is 22.2. The summed E-state index contributed by atoms with van der Waals surface area (Å²) in [5, 5.41) is 0. The molecule has 4 rings (SSSR count). The summed E-state index contributed by atoms with van der Waals surface area (Å²) in [6, 6.07) is 21.4. The van der Waals surface area contributed by atoms with Crippen molar-refractivity contribution in [3.63, 3.8) is 0 Å². The van der Waals surface area contributed by atoms with Crippen LogP contribution in [0.4, 0.5) is 0 Å². The number of alkyl halides is 1. The third kappa shape index (κ3) is 5.32. The molecule has 0 aliphatic heterocycles. The van der Waals surface area contributed by atoms with Crippen molar-refractivity contribution in [2.45, 2.75) is 10.7 Å². The summed E-state index contributed by atoms with van der Waals surface area (Å²) in [5.74, 6) is 0. The molecule has 0 nitrogen and oxygen atoms in total. The summed E-state index contributed by atoms with van der Waals surface area (Å²) in [5.41, 5.74) is 6.00. The first-order chi connectivity index (χ1) is 14.2. The molecular weight excluding hydrogens is 768 g/mol. The molecule has 6 heteroatoms. The molecule has 1 atom stereocenters. The van der Waals surface area contributed by atoms with E-state index < -0.39 is 0 Å². The lowest BCUT2D eigenvalue weighted by Gasteiger charge is -2.28. The molecule has 0 bridgehead atoms. The Morgan fingerprint density at radius 1 is 0.600 bits per heavy atom. The molecule has 0 aromatic heterocycles. The maximum Gasteiger partial charge on any atom is 0.0883 e. The first kappa shape index (κ1) is 23.2. The molecule has 0 saturated carbocycles. The summed E-state index contributed by atoms with van der Waals surface area (Å²) < 4.78 is 4.96. The maximum atomic E-state index is 4.00. The summed E-state index contributed by atoms with van der Waals surface area (Å²) in [6.07, 6.45) is 5.38. The van der Waals surface area contributed by atoms with Crippen LogP contribution in [0.3, 0.4) is 0 Å². The van der Waals surface area contributed by atoms with E-state index in [2.05, 4.69) is 156 Å². The summed E-state index contributed by atoms with van der Waals surface area (Å²) in [4.78, 5) is 0. The largest absolute Gasteiger partial charge is 0.0883 e. The van der Waals surface area contributed by atoms with Crippen molar-refractivity contribution in [2.24, 2.45) is 0 Å². The minimum Gasteiger partial charge on any atom is -0.0708 e. The fourth-order valence-corrected chi connectivity index (χ4v) is 7.89. The lowest BCUT2D eigenvalue weighted by Crippen LogP contribution is -2.16. The Morgan fingerprint density at radius 3 is 1.80 bits per heavy atom. The highest BCUT2D eigenvalue weighted by Crippen LogP contribution is 2.46. The highest BCUT2D eigenvalue weighted by molar-refractivity contribution is 9.12. The SMILES string of the molecule is BrC1=CC(Br)(c2cc(Br)cc(Br)c2)C=C(c2cccc(-c3cc(Br)cc(Br)c3)c2)C1. The average molecular weight is 782 g/mol. The van der Waals surface area contributed by atoms with Crippen molar-refractivity contribution in [3.05, 3.63) is 106 Å². The standard InChI is InChI=1S/C24H14Br6/c25-19-5-16(6-20(26)10-19)14-2-1-3-15(4-14)17-7-23(29)13-24(30,12-17)18-8-21(27)11-22(28)9-18/h1-6,8-13H,7H2. The van der Waals surface area contributed by atoms with Gasteiger partial charge in [-0.15, -0.1) is 0 Å². The second-order valence-corrected chi connectivity index (χ2v) is 13.1. The Morgan fingerprint density at radius 2 is 1.17 bits per heavy atom. The lowest BCUT2D eigenvalue weighted by molar-refractivity contribution is 0.977. The van der Waals surface area contributed by atoms with Gasteiger partial charge in [0.05, 0.1) is 4.32 Å². The van der Waals surface area contributed by atoms with Gasteiger partial charge in [0.2, 0.25) is 0 Å². The van der Waals surface area contributed by atoms with E-state index in [4.69, 9.17) is 0 Å². The summed E-state index contributed by atoms with van der Waals surface area (Å²) in [6.45, 7) is 0. The number of allylic oxidation sites excluding steroid dienone is 4. The molecule has 30 heavy (non-hydrogen) atoms. The molecule has 0 saturated heterocycles. The first-order valence-electron chi connectivity index (χ1n) is 9.03. The van der Waals surface area contributed by atoms with Crippen LogP contribution in [0.1, 0.15) is 17.5 Å². The van der Waals surface area contributed by atoms with Crippen LogP contribution in [-0.4, -0.2) is 0 Å². The minimum absolute atomic E-state index is 0.388. The van der Waals surface area contributed by atoms with Crippen LogP contribution >= 0.6 is 95.6 Å². The molecule has 152 valence electrons. The van der Waals surface area contributed by atoms with Crippen LogP contribution < -0.4 is 0 Å². The first-order valence-corrected chi connectivity index (χ1v) is 13.8. The Balaban J connectivity index is 1.78. The van der Waals surface area contributed by atoms with Crippen LogP contribution in [0.2, 0.25) is 0 Å². The van der Waals surface area contributed by atoms with E-state index in [0.29, 0.717) is 0 Å². The van der Waals surface area contributed by atoms with Crippen molar-refractivity contribution in [1.82, 2.24) is 0 Å². The van der Waals surface area contributed by atoms with Gasteiger partial charge in [-0.2, -0.15) is 0 Å². The second kappa shape index (κ2) is 9.48. The fourth-order valence-electron chi connectivity index (χ4n) is 3.55. The van der Waals surface area contributed by atoms with Crippen LogP contribution in [0.15, 0.2) is 95.2 Å². The summed E-state index contributed by atoms with van der Waals surface area (Å²) in [7, 11) is 0. The van der Waals surface area contributed by atoms with Crippen molar-refractivity contribution < 1.29 is 0 Å². The van der Waals surface area contributed by atoms with Gasteiger partial charge in [-0.25, -0.2) is 0 Å². The predicted octanol–water partition coefficient (Wildman–Crippen LogP) is 10.8. The van der Waals surface area contributed by atoms with Gasteiger partial charge < -0.3 is 0 Å². The highest BCUT2D eigenvalue weighted by atomic mass is 79.9. The van der Waals surface area contributed by atoms with E-state index in [9.17, 15) is 0 Å². The number of hydrogen-bond acceptors (Lipinski definition) is 0. The smallest absolute Gasteiger partial charge is 0.0708 e. The molecule has 3 aromatic rings. The fraction of sp³-hybridized carbons (Fsp3) is 0.0833. The van der Waals surface area contributed by atoms with E-state index in [1.807, 2.05) is 12.1 Å².